The van der Waals surface area contributed by atoms with Crippen molar-refractivity contribution in [3.8, 4) is 0 Å². The van der Waals surface area contributed by atoms with E-state index >= 15 is 0 Å². The van der Waals surface area contributed by atoms with Gasteiger partial charge in [0.1, 0.15) is 5.69 Å². The lowest BCUT2D eigenvalue weighted by atomic mass is 10.1. The maximum atomic E-state index is 11.6. The number of nitrogens with one attached hydrogen (secondary N) is 2. The van der Waals surface area contributed by atoms with Crippen molar-refractivity contribution in [1.29, 1.82) is 0 Å². The van der Waals surface area contributed by atoms with Gasteiger partial charge >= 0.3 is 0 Å². The molecule has 0 saturated heterocycles. The highest BCUT2D eigenvalue weighted by Crippen LogP contribution is 2.11. The average Bonchev–Trinajstić information content (AvgIpc) is 2.66. The molecule has 0 aliphatic carbocycles. The van der Waals surface area contributed by atoms with Gasteiger partial charge < -0.3 is 11.1 Å². The Balaban J connectivity index is 2.66. The minimum absolute atomic E-state index is 0.0308. The Hall–Kier alpha value is -1.36. The van der Waals surface area contributed by atoms with Gasteiger partial charge in [-0.3, -0.25) is 9.89 Å². The number of hydrogen-bond donors (Lipinski definition) is 3. The Kier molecular flexibility index (Phi) is 3.85. The van der Waals surface area contributed by atoms with Crippen LogP contribution in [0.4, 0.5) is 0 Å². The van der Waals surface area contributed by atoms with Crippen molar-refractivity contribution < 1.29 is 4.79 Å². The quantitative estimate of drug-likeness (QED) is 0.680. The summed E-state index contributed by atoms with van der Waals surface area (Å²) < 4.78 is 0. The predicted molar refractivity (Wildman–Crippen MR) is 58.7 cm³/mol. The fourth-order valence-electron chi connectivity index (χ4n) is 1.11. The van der Waals surface area contributed by atoms with Crippen LogP contribution in [0.15, 0.2) is 6.07 Å². The first-order chi connectivity index (χ1) is 7.04. The highest BCUT2D eigenvalue weighted by molar-refractivity contribution is 5.92. The third kappa shape index (κ3) is 3.06. The van der Waals surface area contributed by atoms with Gasteiger partial charge in [0, 0.05) is 18.3 Å². The van der Waals surface area contributed by atoms with E-state index in [2.05, 4.69) is 15.5 Å². The molecular formula is C10H18N4O. The van der Waals surface area contributed by atoms with Crippen LogP contribution in [0, 0.1) is 0 Å². The number of H-pyrrole nitrogens is 1. The lowest BCUT2D eigenvalue weighted by Gasteiger charge is -2.08. The summed E-state index contributed by atoms with van der Waals surface area (Å²) in [5.41, 5.74) is 6.78. The smallest absolute Gasteiger partial charge is 0.272 e. The third-order valence-corrected chi connectivity index (χ3v) is 2.18. The molecule has 1 amide bonds. The first-order valence-electron chi connectivity index (χ1n) is 5.10. The zero-order valence-corrected chi connectivity index (χ0v) is 9.37. The molecule has 0 spiro atoms. The normalized spacial score (nSPS) is 12.9. The average molecular weight is 210 g/mol. The molecular weight excluding hydrogens is 192 g/mol. The Labute approximate surface area is 89.4 Å². The summed E-state index contributed by atoms with van der Waals surface area (Å²) in [5.74, 6) is 0.155. The van der Waals surface area contributed by atoms with E-state index in [0.29, 0.717) is 18.2 Å². The van der Waals surface area contributed by atoms with Crippen LogP contribution in [0.25, 0.3) is 0 Å². The Morgan fingerprint density at radius 3 is 2.73 bits per heavy atom. The number of hydrogen-bond acceptors (Lipinski definition) is 3. The van der Waals surface area contributed by atoms with E-state index < -0.39 is 0 Å². The fourth-order valence-corrected chi connectivity index (χ4v) is 1.11. The lowest BCUT2D eigenvalue weighted by Crippen LogP contribution is -2.37. The first kappa shape index (κ1) is 11.7. The molecule has 15 heavy (non-hydrogen) atoms. The van der Waals surface area contributed by atoms with E-state index in [1.165, 1.54) is 0 Å². The van der Waals surface area contributed by atoms with E-state index in [4.69, 9.17) is 5.73 Å². The van der Waals surface area contributed by atoms with Crippen LogP contribution in [0.2, 0.25) is 0 Å². The fraction of sp³-hybridized carbons (Fsp3) is 0.600. The summed E-state index contributed by atoms with van der Waals surface area (Å²) in [4.78, 5) is 11.6. The SMILES string of the molecule is CC(C)c1cc(C(=O)N[C@H](C)CN)n[nH]1. The summed E-state index contributed by atoms with van der Waals surface area (Å²) in [6.07, 6.45) is 0. The molecule has 0 aliphatic rings. The van der Waals surface area contributed by atoms with Crippen molar-refractivity contribution >= 4 is 5.91 Å². The molecule has 1 atom stereocenters. The second kappa shape index (κ2) is 4.93. The zero-order chi connectivity index (χ0) is 11.4. The van der Waals surface area contributed by atoms with E-state index in [1.54, 1.807) is 6.07 Å². The van der Waals surface area contributed by atoms with E-state index in [9.17, 15) is 4.79 Å². The molecule has 5 heteroatoms. The molecule has 84 valence electrons. The number of amides is 1. The molecule has 1 heterocycles. The van der Waals surface area contributed by atoms with Crippen molar-refractivity contribution in [2.45, 2.75) is 32.7 Å². The monoisotopic (exact) mass is 210 g/mol. The Morgan fingerprint density at radius 1 is 1.60 bits per heavy atom. The largest absolute Gasteiger partial charge is 0.347 e. The van der Waals surface area contributed by atoms with Gasteiger partial charge in [-0.25, -0.2) is 0 Å². The molecule has 1 aromatic heterocycles. The zero-order valence-electron chi connectivity index (χ0n) is 9.37. The van der Waals surface area contributed by atoms with Gasteiger partial charge in [0.15, 0.2) is 0 Å². The summed E-state index contributed by atoms with van der Waals surface area (Å²) >= 11 is 0. The van der Waals surface area contributed by atoms with Gasteiger partial charge in [-0.1, -0.05) is 13.8 Å². The lowest BCUT2D eigenvalue weighted by molar-refractivity contribution is 0.0936. The van der Waals surface area contributed by atoms with Crippen LogP contribution in [-0.4, -0.2) is 28.7 Å². The minimum atomic E-state index is -0.184. The van der Waals surface area contributed by atoms with Crippen molar-refractivity contribution in [2.75, 3.05) is 6.54 Å². The summed E-state index contributed by atoms with van der Waals surface area (Å²) in [5, 5.41) is 9.53. The topological polar surface area (TPSA) is 83.8 Å². The minimum Gasteiger partial charge on any atom is -0.347 e. The molecule has 0 bridgehead atoms. The van der Waals surface area contributed by atoms with Gasteiger partial charge in [0.25, 0.3) is 5.91 Å². The van der Waals surface area contributed by atoms with Gasteiger partial charge in [-0.15, -0.1) is 0 Å². The molecule has 1 rings (SSSR count). The molecule has 4 N–H and O–H groups in total. The second-order valence-corrected chi connectivity index (χ2v) is 3.97. The van der Waals surface area contributed by atoms with Gasteiger partial charge in [0.05, 0.1) is 0 Å². The molecule has 0 radical (unpaired) electrons. The van der Waals surface area contributed by atoms with Gasteiger partial charge in [-0.05, 0) is 18.9 Å². The van der Waals surface area contributed by atoms with Gasteiger partial charge in [0.2, 0.25) is 0 Å². The molecule has 0 fully saturated rings. The van der Waals surface area contributed by atoms with Crippen LogP contribution in [0.5, 0.6) is 0 Å². The van der Waals surface area contributed by atoms with E-state index in [-0.39, 0.29) is 11.9 Å². The summed E-state index contributed by atoms with van der Waals surface area (Å²) in [6.45, 7) is 6.36. The molecule has 5 nitrogen and oxygen atoms in total. The molecule has 0 aliphatic heterocycles. The van der Waals surface area contributed by atoms with Crippen LogP contribution < -0.4 is 11.1 Å². The third-order valence-electron chi connectivity index (χ3n) is 2.18. The highest BCUT2D eigenvalue weighted by atomic mass is 16.2. The standard InChI is InChI=1S/C10H18N4O/c1-6(2)8-4-9(14-13-8)10(15)12-7(3)5-11/h4,6-7H,5,11H2,1-3H3,(H,12,15)(H,13,14)/t7-/m1/s1. The van der Waals surface area contributed by atoms with Crippen LogP contribution in [-0.2, 0) is 0 Å². The number of rotatable bonds is 4. The highest BCUT2D eigenvalue weighted by Gasteiger charge is 2.13. The predicted octanol–water partition coefficient (Wildman–Crippen LogP) is 0.610. The molecule has 0 unspecified atom stereocenters. The van der Waals surface area contributed by atoms with Crippen molar-refractivity contribution in [2.24, 2.45) is 5.73 Å². The second-order valence-electron chi connectivity index (χ2n) is 3.97. The van der Waals surface area contributed by atoms with Crippen LogP contribution in [0.3, 0.4) is 0 Å². The van der Waals surface area contributed by atoms with E-state index in [0.717, 1.165) is 5.69 Å². The number of carbonyl (C=O) groups excluding carboxylic acids is 1. The van der Waals surface area contributed by atoms with Gasteiger partial charge in [-0.2, -0.15) is 5.10 Å². The number of carbonyl (C=O) groups is 1. The number of aromatic amines is 1. The number of nitrogens with two attached hydrogens (primary N) is 1. The summed E-state index contributed by atoms with van der Waals surface area (Å²) in [6, 6.07) is 1.74. The van der Waals surface area contributed by atoms with Crippen molar-refractivity contribution in [3.05, 3.63) is 17.5 Å². The van der Waals surface area contributed by atoms with Crippen molar-refractivity contribution in [3.63, 3.8) is 0 Å². The van der Waals surface area contributed by atoms with E-state index in [1.807, 2.05) is 20.8 Å². The molecule has 1 aromatic rings. The van der Waals surface area contributed by atoms with Crippen LogP contribution >= 0.6 is 0 Å². The maximum Gasteiger partial charge on any atom is 0.272 e. The first-order valence-corrected chi connectivity index (χ1v) is 5.10. The van der Waals surface area contributed by atoms with Crippen molar-refractivity contribution in [1.82, 2.24) is 15.5 Å². The Bertz CT molecular complexity index is 332. The molecule has 0 saturated carbocycles. The van der Waals surface area contributed by atoms with Crippen LogP contribution in [0.1, 0.15) is 42.9 Å². The Morgan fingerprint density at radius 2 is 2.27 bits per heavy atom. The number of nitrogens with zero attached hydrogens (tertiary/aromatic N) is 1. The maximum absolute atomic E-state index is 11.6. The molecule has 0 aromatic carbocycles. The summed E-state index contributed by atoms with van der Waals surface area (Å²) in [7, 11) is 0. The number of aromatic nitrogens is 2.